The fraction of sp³-hybridized carbons (Fsp3) is 0.478. The zero-order chi connectivity index (χ0) is 20.1. The van der Waals surface area contributed by atoms with E-state index in [1.54, 1.807) is 12.1 Å². The van der Waals surface area contributed by atoms with Gasteiger partial charge < -0.3 is 15.5 Å². The summed E-state index contributed by atoms with van der Waals surface area (Å²) in [6.07, 6.45) is 8.07. The maximum Gasteiger partial charge on any atom is 0.315 e. The molecule has 29 heavy (non-hydrogen) atoms. The average molecular weight is 397 g/mol. The molecular weight excluding hydrogens is 367 g/mol. The van der Waals surface area contributed by atoms with Gasteiger partial charge in [-0.2, -0.15) is 0 Å². The lowest BCUT2D eigenvalue weighted by Gasteiger charge is -2.34. The first-order valence-corrected chi connectivity index (χ1v) is 10.7. The predicted octanol–water partition coefficient (Wildman–Crippen LogP) is 4.42. The lowest BCUT2D eigenvalue weighted by molar-refractivity contribution is 0.224. The summed E-state index contributed by atoms with van der Waals surface area (Å²) in [4.78, 5) is 19.4. The summed E-state index contributed by atoms with van der Waals surface area (Å²) in [6, 6.07) is 12.4. The number of anilines is 1. The van der Waals surface area contributed by atoms with Crippen molar-refractivity contribution >= 4 is 11.8 Å². The number of rotatable bonds is 5. The number of carbonyl (C=O) groups is 1. The third-order valence-electron chi connectivity index (χ3n) is 6.17. The van der Waals surface area contributed by atoms with Crippen LogP contribution in [0, 0.1) is 11.7 Å². The Kier molecular flexibility index (Phi) is 6.27. The molecule has 5 nitrogen and oxygen atoms in total. The van der Waals surface area contributed by atoms with Gasteiger partial charge in [-0.25, -0.2) is 14.2 Å². The number of nitrogens with one attached hydrogen (secondary N) is 2. The Bertz CT molecular complexity index is 802. The highest BCUT2D eigenvalue weighted by Gasteiger charge is 2.29. The van der Waals surface area contributed by atoms with Gasteiger partial charge in [-0.1, -0.05) is 31.0 Å². The zero-order valence-electron chi connectivity index (χ0n) is 16.7. The van der Waals surface area contributed by atoms with E-state index in [0.29, 0.717) is 5.92 Å². The van der Waals surface area contributed by atoms with E-state index in [1.165, 1.54) is 18.9 Å². The first-order valence-electron chi connectivity index (χ1n) is 10.7. The molecule has 2 amide bonds. The van der Waals surface area contributed by atoms with Gasteiger partial charge in [-0.3, -0.25) is 0 Å². The number of pyridine rings is 1. The van der Waals surface area contributed by atoms with Crippen molar-refractivity contribution in [3.8, 4) is 0 Å². The molecule has 4 rings (SSSR count). The lowest BCUT2D eigenvalue weighted by atomic mass is 9.91. The van der Waals surface area contributed by atoms with E-state index in [4.69, 9.17) is 0 Å². The Balaban J connectivity index is 1.34. The molecule has 1 saturated carbocycles. The van der Waals surface area contributed by atoms with Crippen LogP contribution in [0.4, 0.5) is 15.0 Å². The normalized spacial score (nSPS) is 19.1. The van der Waals surface area contributed by atoms with Crippen LogP contribution in [0.25, 0.3) is 0 Å². The molecule has 154 valence electrons. The Hall–Kier alpha value is -2.63. The molecule has 0 radical (unpaired) electrons. The number of halogens is 1. The van der Waals surface area contributed by atoms with Crippen molar-refractivity contribution in [3.63, 3.8) is 0 Å². The molecular formula is C23H29FN4O. The number of urea groups is 1. The quantitative estimate of drug-likeness (QED) is 0.787. The summed E-state index contributed by atoms with van der Waals surface area (Å²) in [5.41, 5.74) is 0.858. The molecule has 1 atom stereocenters. The Morgan fingerprint density at radius 1 is 1.07 bits per heavy atom. The van der Waals surface area contributed by atoms with Crippen LogP contribution in [0.15, 0.2) is 48.7 Å². The highest BCUT2D eigenvalue weighted by Crippen LogP contribution is 2.36. The largest absolute Gasteiger partial charge is 0.356 e. The second kappa shape index (κ2) is 9.25. The molecule has 1 aromatic heterocycles. The number of piperidine rings is 1. The maximum atomic E-state index is 13.8. The summed E-state index contributed by atoms with van der Waals surface area (Å²) in [6.45, 7) is 1.75. The summed E-state index contributed by atoms with van der Waals surface area (Å²) < 4.78 is 13.8. The first-order chi connectivity index (χ1) is 14.2. The van der Waals surface area contributed by atoms with Crippen LogP contribution < -0.4 is 15.5 Å². The third kappa shape index (κ3) is 5.05. The fourth-order valence-electron chi connectivity index (χ4n) is 4.63. The van der Waals surface area contributed by atoms with Crippen LogP contribution in [0.1, 0.15) is 50.1 Å². The molecule has 1 aliphatic heterocycles. The number of hydrogen-bond donors (Lipinski definition) is 2. The van der Waals surface area contributed by atoms with E-state index in [2.05, 4.69) is 20.5 Å². The minimum atomic E-state index is -0.255. The van der Waals surface area contributed by atoms with E-state index in [1.807, 2.05) is 30.5 Å². The standard InChI is InChI=1S/C23H29FN4O/c24-19-9-5-8-18(16-19)22(17-6-1-2-7-17)27-23(29)26-20-11-14-28(15-12-20)21-10-3-4-13-25-21/h3-5,8-10,13,16-17,20,22H,1-2,6-7,11-12,14-15H2,(H2,26,27,29). The minimum absolute atomic E-state index is 0.137. The molecule has 0 spiro atoms. The van der Waals surface area contributed by atoms with Crippen molar-refractivity contribution in [1.82, 2.24) is 15.6 Å². The topological polar surface area (TPSA) is 57.3 Å². The van der Waals surface area contributed by atoms with Crippen LogP contribution in [-0.2, 0) is 0 Å². The van der Waals surface area contributed by atoms with Gasteiger partial charge in [0.15, 0.2) is 0 Å². The first kappa shape index (κ1) is 19.7. The molecule has 1 unspecified atom stereocenters. The van der Waals surface area contributed by atoms with Crippen molar-refractivity contribution in [2.24, 2.45) is 5.92 Å². The molecule has 2 fully saturated rings. The summed E-state index contributed by atoms with van der Waals surface area (Å²) >= 11 is 0. The number of nitrogens with zero attached hydrogens (tertiary/aromatic N) is 2. The Morgan fingerprint density at radius 3 is 2.55 bits per heavy atom. The monoisotopic (exact) mass is 396 g/mol. The molecule has 2 N–H and O–H groups in total. The molecule has 1 aromatic carbocycles. The van der Waals surface area contributed by atoms with E-state index in [0.717, 1.165) is 50.2 Å². The minimum Gasteiger partial charge on any atom is -0.356 e. The molecule has 2 aliphatic rings. The zero-order valence-corrected chi connectivity index (χ0v) is 16.7. The summed E-state index contributed by atoms with van der Waals surface area (Å²) in [7, 11) is 0. The number of benzene rings is 1. The van der Waals surface area contributed by atoms with Crippen LogP contribution in [0.3, 0.4) is 0 Å². The number of carbonyl (C=O) groups excluding carboxylic acids is 1. The highest BCUT2D eigenvalue weighted by molar-refractivity contribution is 5.75. The fourth-order valence-corrected chi connectivity index (χ4v) is 4.63. The van der Waals surface area contributed by atoms with Crippen LogP contribution in [0.2, 0.25) is 0 Å². The van der Waals surface area contributed by atoms with Gasteiger partial charge in [0.05, 0.1) is 6.04 Å². The number of hydrogen-bond acceptors (Lipinski definition) is 3. The summed E-state index contributed by atoms with van der Waals surface area (Å²) in [5.74, 6) is 1.10. The summed E-state index contributed by atoms with van der Waals surface area (Å²) in [5, 5.41) is 6.29. The van der Waals surface area contributed by atoms with Crippen molar-refractivity contribution in [3.05, 3.63) is 60.0 Å². The van der Waals surface area contributed by atoms with Crippen LogP contribution in [0.5, 0.6) is 0 Å². The van der Waals surface area contributed by atoms with Gasteiger partial charge in [0.1, 0.15) is 11.6 Å². The average Bonchev–Trinajstić information content (AvgIpc) is 3.28. The van der Waals surface area contributed by atoms with Gasteiger partial charge in [0.2, 0.25) is 0 Å². The van der Waals surface area contributed by atoms with E-state index < -0.39 is 0 Å². The molecule has 6 heteroatoms. The van der Waals surface area contributed by atoms with E-state index in [-0.39, 0.29) is 23.9 Å². The molecule has 2 heterocycles. The molecule has 1 aliphatic carbocycles. The van der Waals surface area contributed by atoms with Gasteiger partial charge in [-0.15, -0.1) is 0 Å². The van der Waals surface area contributed by atoms with Gasteiger partial charge in [0, 0.05) is 25.3 Å². The predicted molar refractivity (Wildman–Crippen MR) is 112 cm³/mol. The van der Waals surface area contributed by atoms with E-state index in [9.17, 15) is 9.18 Å². The van der Waals surface area contributed by atoms with Gasteiger partial charge in [-0.05, 0) is 61.4 Å². The van der Waals surface area contributed by atoms with Gasteiger partial charge >= 0.3 is 6.03 Å². The van der Waals surface area contributed by atoms with Gasteiger partial charge in [0.25, 0.3) is 0 Å². The Labute approximate surface area is 171 Å². The van der Waals surface area contributed by atoms with Crippen molar-refractivity contribution < 1.29 is 9.18 Å². The van der Waals surface area contributed by atoms with Crippen LogP contribution >= 0.6 is 0 Å². The molecule has 1 saturated heterocycles. The maximum absolute atomic E-state index is 13.8. The molecule has 0 bridgehead atoms. The van der Waals surface area contributed by atoms with Crippen molar-refractivity contribution in [2.45, 2.75) is 50.6 Å². The van der Waals surface area contributed by atoms with E-state index >= 15 is 0 Å². The van der Waals surface area contributed by atoms with Crippen molar-refractivity contribution in [1.29, 1.82) is 0 Å². The number of amides is 2. The Morgan fingerprint density at radius 2 is 1.86 bits per heavy atom. The third-order valence-corrected chi connectivity index (χ3v) is 6.17. The van der Waals surface area contributed by atoms with Crippen molar-refractivity contribution in [2.75, 3.05) is 18.0 Å². The second-order valence-electron chi connectivity index (χ2n) is 8.14. The lowest BCUT2D eigenvalue weighted by Crippen LogP contribution is -2.49. The SMILES string of the molecule is O=C(NC1CCN(c2ccccn2)CC1)NC(c1cccc(F)c1)C1CCCC1. The van der Waals surface area contributed by atoms with Crippen LogP contribution in [-0.4, -0.2) is 30.1 Å². The molecule has 2 aromatic rings. The second-order valence-corrected chi connectivity index (χ2v) is 8.14. The number of aromatic nitrogens is 1. The highest BCUT2D eigenvalue weighted by atomic mass is 19.1. The smallest absolute Gasteiger partial charge is 0.315 e.